The quantitative estimate of drug-likeness (QED) is 0.624. The van der Waals surface area contributed by atoms with Crippen LogP contribution in [0.25, 0.3) is 0 Å². The zero-order valence-corrected chi connectivity index (χ0v) is 15.1. The van der Waals surface area contributed by atoms with E-state index in [1.165, 1.54) is 70.9 Å². The molecule has 0 saturated heterocycles. The van der Waals surface area contributed by atoms with Gasteiger partial charge in [-0.15, -0.1) is 0 Å². The molecule has 0 bridgehead atoms. The molecule has 0 aromatic heterocycles. The molecule has 2 aliphatic rings. The molecular weight excluding hydrogens is 254 g/mol. The summed E-state index contributed by atoms with van der Waals surface area (Å²) in [6.07, 6.45) is 13.1. The van der Waals surface area contributed by atoms with Crippen LogP contribution in [0.2, 0.25) is 0 Å². The highest BCUT2D eigenvalue weighted by Gasteiger charge is 2.39. The van der Waals surface area contributed by atoms with Crippen LogP contribution >= 0.6 is 0 Å². The van der Waals surface area contributed by atoms with Gasteiger partial charge in [-0.3, -0.25) is 0 Å². The summed E-state index contributed by atoms with van der Waals surface area (Å²) >= 11 is 0. The van der Waals surface area contributed by atoms with Gasteiger partial charge in [-0.2, -0.15) is 0 Å². The SMILES string of the molecule is CCCNCC1CCC(C)(C)CC1C1CCC(CC)CC1. The average Bonchev–Trinajstić information content (AvgIpc) is 2.48. The molecule has 2 fully saturated rings. The summed E-state index contributed by atoms with van der Waals surface area (Å²) in [4.78, 5) is 0. The fourth-order valence-corrected chi connectivity index (χ4v) is 4.99. The molecule has 0 aliphatic heterocycles. The summed E-state index contributed by atoms with van der Waals surface area (Å²) in [5.74, 6) is 4.01. The van der Waals surface area contributed by atoms with Gasteiger partial charge in [0, 0.05) is 0 Å². The van der Waals surface area contributed by atoms with Crippen molar-refractivity contribution in [1.82, 2.24) is 5.32 Å². The van der Waals surface area contributed by atoms with Gasteiger partial charge in [-0.05, 0) is 80.7 Å². The summed E-state index contributed by atoms with van der Waals surface area (Å²) in [7, 11) is 0. The second-order valence-electron chi connectivity index (χ2n) is 8.72. The lowest BCUT2D eigenvalue weighted by Crippen LogP contribution is -2.40. The van der Waals surface area contributed by atoms with Crippen molar-refractivity contribution < 1.29 is 0 Å². The van der Waals surface area contributed by atoms with Gasteiger partial charge in [0.15, 0.2) is 0 Å². The first-order valence-corrected chi connectivity index (χ1v) is 9.76. The Hall–Kier alpha value is -0.0400. The number of nitrogens with one attached hydrogen (secondary N) is 1. The van der Waals surface area contributed by atoms with Crippen molar-refractivity contribution >= 4 is 0 Å². The number of hydrogen-bond donors (Lipinski definition) is 1. The second-order valence-corrected chi connectivity index (χ2v) is 8.72. The van der Waals surface area contributed by atoms with Crippen LogP contribution in [0.5, 0.6) is 0 Å². The Bertz CT molecular complexity index is 283. The third kappa shape index (κ3) is 4.98. The molecule has 0 heterocycles. The summed E-state index contributed by atoms with van der Waals surface area (Å²) in [6, 6.07) is 0. The monoisotopic (exact) mass is 293 g/mol. The molecule has 2 atom stereocenters. The van der Waals surface area contributed by atoms with E-state index in [4.69, 9.17) is 0 Å². The van der Waals surface area contributed by atoms with Gasteiger partial charge in [-0.1, -0.05) is 47.0 Å². The summed E-state index contributed by atoms with van der Waals surface area (Å²) < 4.78 is 0. The largest absolute Gasteiger partial charge is 0.316 e. The van der Waals surface area contributed by atoms with Gasteiger partial charge in [0.1, 0.15) is 0 Å². The minimum absolute atomic E-state index is 0.591. The van der Waals surface area contributed by atoms with Gasteiger partial charge < -0.3 is 5.32 Å². The van der Waals surface area contributed by atoms with Crippen molar-refractivity contribution in [3.63, 3.8) is 0 Å². The lowest BCUT2D eigenvalue weighted by Gasteiger charge is -2.46. The van der Waals surface area contributed by atoms with Crippen molar-refractivity contribution in [3.8, 4) is 0 Å². The maximum Gasteiger partial charge on any atom is -0.00178 e. The highest BCUT2D eigenvalue weighted by molar-refractivity contribution is 4.90. The van der Waals surface area contributed by atoms with Crippen molar-refractivity contribution in [3.05, 3.63) is 0 Å². The predicted octanol–water partition coefficient (Wildman–Crippen LogP) is 5.64. The summed E-state index contributed by atoms with van der Waals surface area (Å²) in [5, 5.41) is 3.72. The highest BCUT2D eigenvalue weighted by Crippen LogP contribution is 2.48. The highest BCUT2D eigenvalue weighted by atomic mass is 14.9. The molecule has 124 valence electrons. The third-order valence-electron chi connectivity index (χ3n) is 6.49. The van der Waals surface area contributed by atoms with E-state index in [9.17, 15) is 0 Å². The Morgan fingerprint density at radius 2 is 1.71 bits per heavy atom. The van der Waals surface area contributed by atoms with Gasteiger partial charge in [0.25, 0.3) is 0 Å². The molecule has 2 aliphatic carbocycles. The van der Waals surface area contributed by atoms with Crippen molar-refractivity contribution in [2.24, 2.45) is 29.1 Å². The first-order valence-electron chi connectivity index (χ1n) is 9.76. The first-order chi connectivity index (χ1) is 10.1. The molecule has 0 aromatic rings. The van der Waals surface area contributed by atoms with Crippen LogP contribution in [0.1, 0.15) is 85.5 Å². The molecule has 0 amide bonds. The summed E-state index contributed by atoms with van der Waals surface area (Å²) in [5.41, 5.74) is 0.591. The molecular formula is C20H39N. The van der Waals surface area contributed by atoms with E-state index in [-0.39, 0.29) is 0 Å². The molecule has 2 rings (SSSR count). The van der Waals surface area contributed by atoms with Gasteiger partial charge in [0.2, 0.25) is 0 Å². The van der Waals surface area contributed by atoms with Crippen LogP contribution in [-0.4, -0.2) is 13.1 Å². The van der Waals surface area contributed by atoms with Crippen LogP contribution in [0.4, 0.5) is 0 Å². The maximum absolute atomic E-state index is 3.72. The molecule has 2 saturated carbocycles. The van der Waals surface area contributed by atoms with Crippen LogP contribution < -0.4 is 5.32 Å². The average molecular weight is 294 g/mol. The van der Waals surface area contributed by atoms with E-state index in [0.717, 1.165) is 23.7 Å². The standard InChI is InChI=1S/C20H39N/c1-5-13-21-15-18-11-12-20(3,4)14-19(18)17-9-7-16(6-2)8-10-17/h16-19,21H,5-15H2,1-4H3. The number of hydrogen-bond acceptors (Lipinski definition) is 1. The summed E-state index contributed by atoms with van der Waals surface area (Å²) in [6.45, 7) is 12.2. The van der Waals surface area contributed by atoms with Crippen LogP contribution in [-0.2, 0) is 0 Å². The Kier molecular flexibility index (Phi) is 6.59. The Morgan fingerprint density at radius 3 is 2.33 bits per heavy atom. The Labute approximate surface area is 133 Å². The fourth-order valence-electron chi connectivity index (χ4n) is 4.99. The van der Waals surface area contributed by atoms with Crippen molar-refractivity contribution in [2.75, 3.05) is 13.1 Å². The lowest BCUT2D eigenvalue weighted by molar-refractivity contribution is 0.0499. The molecule has 1 heteroatoms. The van der Waals surface area contributed by atoms with E-state index >= 15 is 0 Å². The molecule has 0 radical (unpaired) electrons. The Morgan fingerprint density at radius 1 is 1.00 bits per heavy atom. The maximum atomic E-state index is 3.72. The topological polar surface area (TPSA) is 12.0 Å². The number of rotatable bonds is 6. The van der Waals surface area contributed by atoms with Gasteiger partial charge >= 0.3 is 0 Å². The molecule has 0 spiro atoms. The predicted molar refractivity (Wildman–Crippen MR) is 93.5 cm³/mol. The van der Waals surface area contributed by atoms with Crippen molar-refractivity contribution in [2.45, 2.75) is 85.5 Å². The molecule has 21 heavy (non-hydrogen) atoms. The van der Waals surface area contributed by atoms with E-state index in [2.05, 4.69) is 33.0 Å². The van der Waals surface area contributed by atoms with Gasteiger partial charge in [-0.25, -0.2) is 0 Å². The minimum Gasteiger partial charge on any atom is -0.316 e. The zero-order valence-electron chi connectivity index (χ0n) is 15.1. The van der Waals surface area contributed by atoms with Crippen molar-refractivity contribution in [1.29, 1.82) is 0 Å². The normalized spacial score (nSPS) is 36.6. The molecule has 0 aromatic carbocycles. The van der Waals surface area contributed by atoms with Gasteiger partial charge in [0.05, 0.1) is 0 Å². The first kappa shape index (κ1) is 17.3. The Balaban J connectivity index is 1.93. The zero-order chi connectivity index (χ0) is 15.3. The molecule has 2 unspecified atom stereocenters. The van der Waals surface area contributed by atoms with E-state index in [0.29, 0.717) is 5.41 Å². The van der Waals surface area contributed by atoms with E-state index in [1.54, 1.807) is 0 Å². The van der Waals surface area contributed by atoms with Crippen LogP contribution in [0, 0.1) is 29.1 Å². The smallest absolute Gasteiger partial charge is 0.00178 e. The lowest BCUT2D eigenvalue weighted by atomic mass is 9.60. The van der Waals surface area contributed by atoms with E-state index < -0.39 is 0 Å². The third-order valence-corrected chi connectivity index (χ3v) is 6.49. The van der Waals surface area contributed by atoms with Crippen LogP contribution in [0.3, 0.4) is 0 Å². The second kappa shape index (κ2) is 7.99. The molecule has 1 nitrogen and oxygen atoms in total. The minimum atomic E-state index is 0.591. The fraction of sp³-hybridized carbons (Fsp3) is 1.00. The molecule has 1 N–H and O–H groups in total. The van der Waals surface area contributed by atoms with E-state index in [1.807, 2.05) is 0 Å². The van der Waals surface area contributed by atoms with Crippen LogP contribution in [0.15, 0.2) is 0 Å².